The molecule has 2 aliphatic rings. The maximum atomic E-state index is 13.5. The van der Waals surface area contributed by atoms with Crippen molar-refractivity contribution >= 4 is 28.7 Å². The van der Waals surface area contributed by atoms with Gasteiger partial charge in [-0.05, 0) is 45.1 Å². The number of hydrogen-bond acceptors (Lipinski definition) is 6. The van der Waals surface area contributed by atoms with Crippen molar-refractivity contribution in [1.82, 2.24) is 0 Å². The quantitative estimate of drug-likeness (QED) is 0.548. The fourth-order valence-electron chi connectivity index (χ4n) is 4.67. The van der Waals surface area contributed by atoms with Gasteiger partial charge in [-0.15, -0.1) is 0 Å². The van der Waals surface area contributed by atoms with Gasteiger partial charge in [0.2, 0.25) is 5.60 Å². The third-order valence-electron chi connectivity index (χ3n) is 7.05. The molecule has 2 atom stereocenters. The van der Waals surface area contributed by atoms with Crippen molar-refractivity contribution in [2.24, 2.45) is 10.8 Å². The SMILES string of the molecule is CC(C)OC(=O)c1ccc2ccccc2c1OC(=O)C12CCC(C)(C(=O)O1)C2(C)C. The third-order valence-corrected chi connectivity index (χ3v) is 7.05. The summed E-state index contributed by atoms with van der Waals surface area (Å²) in [5, 5.41) is 1.43. The molecule has 2 aromatic rings. The Bertz CT molecular complexity index is 1070. The van der Waals surface area contributed by atoms with E-state index in [0.717, 1.165) is 5.39 Å². The summed E-state index contributed by atoms with van der Waals surface area (Å²) in [7, 11) is 0. The number of rotatable bonds is 4. The monoisotopic (exact) mass is 410 g/mol. The first-order chi connectivity index (χ1) is 14.0. The molecule has 1 saturated carbocycles. The molecule has 6 heteroatoms. The van der Waals surface area contributed by atoms with E-state index in [1.807, 2.05) is 39.0 Å². The third kappa shape index (κ3) is 2.59. The van der Waals surface area contributed by atoms with E-state index in [-0.39, 0.29) is 23.4 Å². The summed E-state index contributed by atoms with van der Waals surface area (Å²) < 4.78 is 16.9. The Labute approximate surface area is 175 Å². The van der Waals surface area contributed by atoms with E-state index in [9.17, 15) is 14.4 Å². The van der Waals surface area contributed by atoms with Crippen molar-refractivity contribution in [2.75, 3.05) is 0 Å². The van der Waals surface area contributed by atoms with Crippen molar-refractivity contribution < 1.29 is 28.6 Å². The van der Waals surface area contributed by atoms with E-state index in [1.165, 1.54) is 0 Å². The number of fused-ring (bicyclic) bond motifs is 3. The normalized spacial score (nSPS) is 26.7. The molecule has 4 rings (SSSR count). The van der Waals surface area contributed by atoms with Crippen LogP contribution in [0.4, 0.5) is 0 Å². The largest absolute Gasteiger partial charge is 0.459 e. The van der Waals surface area contributed by atoms with Crippen LogP contribution in [-0.2, 0) is 19.1 Å². The standard InChI is InChI=1S/C24H26O6/c1-14(2)28-19(25)17-11-10-15-8-6-7-9-16(15)18(17)29-21(27)24-13-12-23(5,20(26)30-24)22(24,3)4/h6-11,14H,12-13H2,1-5H3. The first kappa shape index (κ1) is 20.4. The maximum Gasteiger partial charge on any atom is 0.356 e. The second-order valence-corrected chi connectivity index (χ2v) is 9.18. The molecule has 1 aliphatic heterocycles. The number of carbonyl (C=O) groups is 3. The Hall–Kier alpha value is -2.89. The van der Waals surface area contributed by atoms with Gasteiger partial charge in [0.05, 0.1) is 11.5 Å². The van der Waals surface area contributed by atoms with Gasteiger partial charge in [-0.25, -0.2) is 9.59 Å². The van der Waals surface area contributed by atoms with Crippen LogP contribution < -0.4 is 4.74 Å². The van der Waals surface area contributed by atoms with Gasteiger partial charge in [0.1, 0.15) is 5.56 Å². The van der Waals surface area contributed by atoms with Crippen LogP contribution >= 0.6 is 0 Å². The van der Waals surface area contributed by atoms with Crippen molar-refractivity contribution in [3.05, 3.63) is 42.0 Å². The minimum Gasteiger partial charge on any atom is -0.459 e. The highest BCUT2D eigenvalue weighted by Gasteiger charge is 2.76. The molecule has 0 N–H and O–H groups in total. The number of carbonyl (C=O) groups excluding carboxylic acids is 3. The lowest BCUT2D eigenvalue weighted by atomic mass is 9.66. The van der Waals surface area contributed by atoms with Gasteiger partial charge in [0, 0.05) is 10.8 Å². The fourth-order valence-corrected chi connectivity index (χ4v) is 4.67. The molecule has 30 heavy (non-hydrogen) atoms. The van der Waals surface area contributed by atoms with Gasteiger partial charge in [-0.2, -0.15) is 0 Å². The van der Waals surface area contributed by atoms with E-state index >= 15 is 0 Å². The van der Waals surface area contributed by atoms with E-state index in [4.69, 9.17) is 14.2 Å². The summed E-state index contributed by atoms with van der Waals surface area (Å²) in [5.41, 5.74) is -2.70. The highest BCUT2D eigenvalue weighted by Crippen LogP contribution is 2.65. The van der Waals surface area contributed by atoms with Crippen LogP contribution in [0.3, 0.4) is 0 Å². The van der Waals surface area contributed by atoms with Gasteiger partial charge in [0.25, 0.3) is 0 Å². The van der Waals surface area contributed by atoms with Crippen molar-refractivity contribution in [3.63, 3.8) is 0 Å². The predicted octanol–water partition coefficient (Wildman–Crippen LogP) is 4.43. The molecule has 2 bridgehead atoms. The molecule has 1 heterocycles. The highest BCUT2D eigenvalue weighted by molar-refractivity contribution is 6.04. The zero-order valence-corrected chi connectivity index (χ0v) is 17.9. The van der Waals surface area contributed by atoms with E-state index in [2.05, 4.69) is 0 Å². The van der Waals surface area contributed by atoms with Crippen molar-refractivity contribution in [3.8, 4) is 5.75 Å². The lowest BCUT2D eigenvalue weighted by molar-refractivity contribution is -0.176. The Balaban J connectivity index is 1.79. The van der Waals surface area contributed by atoms with Gasteiger partial charge >= 0.3 is 17.9 Å². The van der Waals surface area contributed by atoms with Crippen molar-refractivity contribution in [2.45, 2.75) is 59.2 Å². The van der Waals surface area contributed by atoms with Crippen LogP contribution in [0.15, 0.2) is 36.4 Å². The summed E-state index contributed by atoms with van der Waals surface area (Å²) >= 11 is 0. The van der Waals surface area contributed by atoms with Crippen LogP contribution in [0.2, 0.25) is 0 Å². The molecular formula is C24H26O6. The molecule has 0 aromatic heterocycles. The molecule has 1 aliphatic carbocycles. The molecule has 2 aromatic carbocycles. The first-order valence-corrected chi connectivity index (χ1v) is 10.2. The molecular weight excluding hydrogens is 384 g/mol. The fraction of sp³-hybridized carbons (Fsp3) is 0.458. The second kappa shape index (κ2) is 6.56. The summed E-state index contributed by atoms with van der Waals surface area (Å²) in [5.74, 6) is -1.48. The number of ether oxygens (including phenoxy) is 3. The number of hydrogen-bond donors (Lipinski definition) is 0. The average molecular weight is 410 g/mol. The van der Waals surface area contributed by atoms with Crippen LogP contribution in [-0.4, -0.2) is 29.6 Å². The smallest absolute Gasteiger partial charge is 0.356 e. The molecule has 6 nitrogen and oxygen atoms in total. The van der Waals surface area contributed by atoms with Gasteiger partial charge in [-0.3, -0.25) is 4.79 Å². The van der Waals surface area contributed by atoms with Gasteiger partial charge < -0.3 is 14.2 Å². The van der Waals surface area contributed by atoms with Crippen molar-refractivity contribution in [1.29, 1.82) is 0 Å². The number of benzene rings is 2. The molecule has 158 valence electrons. The van der Waals surface area contributed by atoms with Gasteiger partial charge in [-0.1, -0.05) is 44.2 Å². The van der Waals surface area contributed by atoms with Crippen LogP contribution in [0.1, 0.15) is 57.8 Å². The van der Waals surface area contributed by atoms with E-state index < -0.39 is 28.4 Å². The highest BCUT2D eigenvalue weighted by atomic mass is 16.6. The zero-order valence-electron chi connectivity index (χ0n) is 17.9. The Kier molecular flexibility index (Phi) is 4.46. The Morgan fingerprint density at radius 1 is 1.03 bits per heavy atom. The molecule has 2 fully saturated rings. The zero-order chi connectivity index (χ0) is 21.9. The summed E-state index contributed by atoms with van der Waals surface area (Å²) in [6.45, 7) is 9.07. The first-order valence-electron chi connectivity index (χ1n) is 10.2. The van der Waals surface area contributed by atoms with Crippen LogP contribution in [0.5, 0.6) is 5.75 Å². The molecule has 1 saturated heterocycles. The predicted molar refractivity (Wildman–Crippen MR) is 110 cm³/mol. The van der Waals surface area contributed by atoms with Crippen LogP contribution in [0.25, 0.3) is 10.8 Å². The lowest BCUT2D eigenvalue weighted by Gasteiger charge is -2.34. The Morgan fingerprint density at radius 2 is 1.73 bits per heavy atom. The minimum absolute atomic E-state index is 0.130. The summed E-state index contributed by atoms with van der Waals surface area (Å²) in [6, 6.07) is 10.7. The second-order valence-electron chi connectivity index (χ2n) is 9.18. The molecule has 0 radical (unpaired) electrons. The lowest BCUT2D eigenvalue weighted by Crippen LogP contribution is -2.50. The number of esters is 3. The Morgan fingerprint density at radius 3 is 2.33 bits per heavy atom. The summed E-state index contributed by atoms with van der Waals surface area (Å²) in [4.78, 5) is 38.7. The molecule has 0 spiro atoms. The minimum atomic E-state index is -1.38. The summed E-state index contributed by atoms with van der Waals surface area (Å²) in [6.07, 6.45) is 0.611. The van der Waals surface area contributed by atoms with E-state index in [1.54, 1.807) is 32.0 Å². The molecule has 2 unspecified atom stereocenters. The van der Waals surface area contributed by atoms with Gasteiger partial charge in [0.15, 0.2) is 5.75 Å². The molecule has 0 amide bonds. The topological polar surface area (TPSA) is 78.9 Å². The maximum absolute atomic E-state index is 13.5. The van der Waals surface area contributed by atoms with E-state index in [0.29, 0.717) is 18.2 Å². The van der Waals surface area contributed by atoms with Crippen LogP contribution in [0, 0.1) is 10.8 Å². The average Bonchev–Trinajstić information content (AvgIpc) is 2.98.